The lowest BCUT2D eigenvalue weighted by molar-refractivity contribution is 0.275. The van der Waals surface area contributed by atoms with Gasteiger partial charge >= 0.3 is 0 Å². The zero-order valence-corrected chi connectivity index (χ0v) is 11.8. The molecule has 0 radical (unpaired) electrons. The number of hydrogen-bond donors (Lipinski definition) is 2. The highest BCUT2D eigenvalue weighted by Gasteiger charge is 2.20. The molecule has 4 heteroatoms. The van der Waals surface area contributed by atoms with Crippen molar-refractivity contribution < 1.29 is 9.84 Å². The Morgan fingerprint density at radius 1 is 1.44 bits per heavy atom. The zero-order valence-electron chi connectivity index (χ0n) is 11.0. The number of ether oxygens (including phenoxy) is 1. The fraction of sp³-hybridized carbons (Fsp3) is 0.500. The number of rotatable bonds is 7. The smallest absolute Gasteiger partial charge is 0.119 e. The van der Waals surface area contributed by atoms with Crippen LogP contribution in [-0.4, -0.2) is 16.7 Å². The summed E-state index contributed by atoms with van der Waals surface area (Å²) in [5, 5.41) is 9.02. The van der Waals surface area contributed by atoms with E-state index in [-0.39, 0.29) is 12.0 Å². The molecule has 0 spiro atoms. The van der Waals surface area contributed by atoms with E-state index >= 15 is 0 Å². The van der Waals surface area contributed by atoms with Crippen LogP contribution in [0.25, 0.3) is 0 Å². The van der Waals surface area contributed by atoms with E-state index in [4.69, 9.17) is 27.8 Å². The van der Waals surface area contributed by atoms with Gasteiger partial charge in [-0.3, -0.25) is 0 Å². The maximum absolute atomic E-state index is 9.02. The van der Waals surface area contributed by atoms with Crippen molar-refractivity contribution in [3.63, 3.8) is 0 Å². The van der Waals surface area contributed by atoms with Gasteiger partial charge in [-0.15, -0.1) is 0 Å². The lowest BCUT2D eigenvalue weighted by Crippen LogP contribution is -2.30. The Labute approximate surface area is 114 Å². The third-order valence-corrected chi connectivity index (χ3v) is 3.52. The quantitative estimate of drug-likeness (QED) is 0.589. The van der Waals surface area contributed by atoms with Gasteiger partial charge in [0.2, 0.25) is 0 Å². The first kappa shape index (κ1) is 14.9. The van der Waals surface area contributed by atoms with Crippen molar-refractivity contribution in [2.75, 3.05) is 6.61 Å². The van der Waals surface area contributed by atoms with Crippen molar-refractivity contribution in [1.29, 1.82) is 0 Å². The molecule has 1 rings (SSSR count). The number of benzene rings is 1. The number of aliphatic hydroxyl groups is 1. The van der Waals surface area contributed by atoms with Gasteiger partial charge in [0.15, 0.2) is 0 Å². The second-order valence-corrected chi connectivity index (χ2v) is 5.45. The summed E-state index contributed by atoms with van der Waals surface area (Å²) in [4.78, 5) is 0.546. The highest BCUT2D eigenvalue weighted by atomic mass is 32.1. The van der Waals surface area contributed by atoms with E-state index < -0.39 is 0 Å². The minimum absolute atomic E-state index is 0.0334. The van der Waals surface area contributed by atoms with Gasteiger partial charge in [-0.1, -0.05) is 38.2 Å². The summed E-state index contributed by atoms with van der Waals surface area (Å²) in [6.07, 6.45) is 1.80. The molecule has 0 saturated heterocycles. The van der Waals surface area contributed by atoms with E-state index in [0.717, 1.165) is 24.2 Å². The number of hydrogen-bond acceptors (Lipinski definition) is 3. The normalized spacial score (nSPS) is 11.3. The number of thiocarbonyl (C=S) groups is 1. The molecule has 18 heavy (non-hydrogen) atoms. The average molecular weight is 267 g/mol. The van der Waals surface area contributed by atoms with Gasteiger partial charge in [-0.05, 0) is 30.5 Å². The minimum atomic E-state index is -0.119. The van der Waals surface area contributed by atoms with Crippen molar-refractivity contribution in [1.82, 2.24) is 0 Å². The lowest BCUT2D eigenvalue weighted by atomic mass is 9.88. The van der Waals surface area contributed by atoms with Crippen LogP contribution >= 0.6 is 12.2 Å². The van der Waals surface area contributed by atoms with Crippen LogP contribution in [0.2, 0.25) is 0 Å². The van der Waals surface area contributed by atoms with Crippen LogP contribution < -0.4 is 10.5 Å². The Morgan fingerprint density at radius 3 is 2.78 bits per heavy atom. The summed E-state index contributed by atoms with van der Waals surface area (Å²) in [5.74, 6) is 0.787. The van der Waals surface area contributed by atoms with Gasteiger partial charge in [0.25, 0.3) is 0 Å². The van der Waals surface area contributed by atoms with Crippen LogP contribution in [0.3, 0.4) is 0 Å². The van der Waals surface area contributed by atoms with E-state index in [1.165, 1.54) is 0 Å². The summed E-state index contributed by atoms with van der Waals surface area (Å²) in [6.45, 7) is 4.75. The van der Waals surface area contributed by atoms with E-state index in [1.807, 2.05) is 38.1 Å². The molecule has 0 aliphatic carbocycles. The van der Waals surface area contributed by atoms with Gasteiger partial charge in [0, 0.05) is 5.41 Å². The molecule has 1 aromatic carbocycles. The van der Waals surface area contributed by atoms with Crippen LogP contribution in [0, 0.1) is 5.41 Å². The second-order valence-electron chi connectivity index (χ2n) is 5.01. The molecular weight excluding hydrogens is 246 g/mol. The molecule has 0 bridgehead atoms. The fourth-order valence-corrected chi connectivity index (χ4v) is 1.66. The van der Waals surface area contributed by atoms with E-state index in [9.17, 15) is 0 Å². The van der Waals surface area contributed by atoms with Crippen molar-refractivity contribution >= 4 is 17.2 Å². The van der Waals surface area contributed by atoms with Crippen molar-refractivity contribution in [2.45, 2.75) is 33.3 Å². The highest BCUT2D eigenvalue weighted by molar-refractivity contribution is 7.80. The summed E-state index contributed by atoms with van der Waals surface area (Å²) in [7, 11) is 0. The van der Waals surface area contributed by atoms with Gasteiger partial charge in [0.05, 0.1) is 18.2 Å². The number of aliphatic hydroxyl groups excluding tert-OH is 1. The lowest BCUT2D eigenvalue weighted by Gasteiger charge is -2.22. The van der Waals surface area contributed by atoms with Gasteiger partial charge in [-0.2, -0.15) is 0 Å². The fourth-order valence-electron chi connectivity index (χ4n) is 1.56. The average Bonchev–Trinajstić information content (AvgIpc) is 2.35. The second kappa shape index (κ2) is 6.71. The molecule has 0 unspecified atom stereocenters. The SMILES string of the molecule is CC(C)(CCCOc1cccc(CO)c1)C(N)=S. The van der Waals surface area contributed by atoms with Crippen LogP contribution in [0.15, 0.2) is 24.3 Å². The summed E-state index contributed by atoms with van der Waals surface area (Å²) >= 11 is 5.02. The Balaban J connectivity index is 2.36. The summed E-state index contributed by atoms with van der Waals surface area (Å²) < 4.78 is 5.63. The predicted octanol–water partition coefficient (Wildman–Crippen LogP) is 2.65. The van der Waals surface area contributed by atoms with Gasteiger partial charge < -0.3 is 15.6 Å². The molecule has 0 fully saturated rings. The molecule has 0 atom stereocenters. The van der Waals surface area contributed by atoms with Crippen LogP contribution in [0.1, 0.15) is 32.3 Å². The Hall–Kier alpha value is -1.13. The molecule has 1 aromatic rings. The third kappa shape index (κ3) is 4.63. The first-order valence-corrected chi connectivity index (χ1v) is 6.49. The maximum atomic E-state index is 9.02. The molecule has 0 heterocycles. The first-order valence-electron chi connectivity index (χ1n) is 6.08. The predicted molar refractivity (Wildman–Crippen MR) is 77.7 cm³/mol. The van der Waals surface area contributed by atoms with Gasteiger partial charge in [0.1, 0.15) is 5.75 Å². The summed E-state index contributed by atoms with van der Waals surface area (Å²) in [5.41, 5.74) is 6.40. The molecule has 3 N–H and O–H groups in total. The topological polar surface area (TPSA) is 55.5 Å². The van der Waals surface area contributed by atoms with Crippen LogP contribution in [0.5, 0.6) is 5.75 Å². The highest BCUT2D eigenvalue weighted by Crippen LogP contribution is 2.23. The van der Waals surface area contributed by atoms with Crippen molar-refractivity contribution in [2.24, 2.45) is 11.1 Å². The summed E-state index contributed by atoms with van der Waals surface area (Å²) in [6, 6.07) is 7.47. The standard InChI is InChI=1S/C14H21NO2S/c1-14(2,13(15)18)7-4-8-17-12-6-3-5-11(9-12)10-16/h3,5-6,9,16H,4,7-8,10H2,1-2H3,(H2,15,18). The molecule has 0 aliphatic rings. The Morgan fingerprint density at radius 2 is 2.17 bits per heavy atom. The Bertz CT molecular complexity index is 405. The Kier molecular flexibility index (Phi) is 5.56. The van der Waals surface area contributed by atoms with Gasteiger partial charge in [-0.25, -0.2) is 0 Å². The van der Waals surface area contributed by atoms with E-state index in [1.54, 1.807) is 0 Å². The molecule has 0 amide bonds. The number of nitrogens with two attached hydrogens (primary N) is 1. The maximum Gasteiger partial charge on any atom is 0.119 e. The van der Waals surface area contributed by atoms with Crippen molar-refractivity contribution in [3.05, 3.63) is 29.8 Å². The molecule has 0 saturated carbocycles. The molecule has 0 aromatic heterocycles. The zero-order chi connectivity index (χ0) is 13.6. The van der Waals surface area contributed by atoms with Crippen LogP contribution in [-0.2, 0) is 6.61 Å². The third-order valence-electron chi connectivity index (χ3n) is 2.96. The monoisotopic (exact) mass is 267 g/mol. The molecule has 0 aliphatic heterocycles. The largest absolute Gasteiger partial charge is 0.494 e. The minimum Gasteiger partial charge on any atom is -0.494 e. The molecule has 3 nitrogen and oxygen atoms in total. The van der Waals surface area contributed by atoms with E-state index in [0.29, 0.717) is 11.6 Å². The first-order chi connectivity index (χ1) is 8.45. The van der Waals surface area contributed by atoms with Crippen LogP contribution in [0.4, 0.5) is 0 Å². The molecular formula is C14H21NO2S. The molecule has 100 valence electrons. The van der Waals surface area contributed by atoms with Crippen molar-refractivity contribution in [3.8, 4) is 5.75 Å². The van der Waals surface area contributed by atoms with E-state index in [2.05, 4.69) is 0 Å².